The normalized spacial score (nSPS) is 11.5. The number of benzene rings is 2. The molecule has 1 heterocycles. The van der Waals surface area contributed by atoms with Crippen LogP contribution in [0.4, 0.5) is 0 Å². The van der Waals surface area contributed by atoms with E-state index in [0.29, 0.717) is 11.3 Å². The van der Waals surface area contributed by atoms with Crippen molar-refractivity contribution in [3.63, 3.8) is 0 Å². The molecule has 6 nitrogen and oxygen atoms in total. The van der Waals surface area contributed by atoms with Gasteiger partial charge in [-0.2, -0.15) is 4.31 Å². The van der Waals surface area contributed by atoms with Crippen molar-refractivity contribution in [1.29, 1.82) is 0 Å². The highest BCUT2D eigenvalue weighted by atomic mass is 32.2. The van der Waals surface area contributed by atoms with Gasteiger partial charge in [-0.3, -0.25) is 4.79 Å². The monoisotopic (exact) mass is 384 g/mol. The molecule has 1 aromatic heterocycles. The molecule has 3 rings (SSSR count). The summed E-state index contributed by atoms with van der Waals surface area (Å²) >= 11 is 0. The van der Waals surface area contributed by atoms with E-state index < -0.39 is 10.0 Å². The van der Waals surface area contributed by atoms with E-state index in [1.165, 1.54) is 10.6 Å². The van der Waals surface area contributed by atoms with Crippen LogP contribution in [0.25, 0.3) is 0 Å². The highest BCUT2D eigenvalue weighted by Crippen LogP contribution is 2.21. The minimum Gasteiger partial charge on any atom is -0.468 e. The van der Waals surface area contributed by atoms with Crippen LogP contribution in [0, 0.1) is 0 Å². The molecule has 3 aromatic rings. The van der Waals surface area contributed by atoms with E-state index in [0.717, 1.165) is 5.56 Å². The molecular formula is C20H20N2O4S. The highest BCUT2D eigenvalue weighted by Gasteiger charge is 2.25. The van der Waals surface area contributed by atoms with Gasteiger partial charge in [0.1, 0.15) is 5.76 Å². The van der Waals surface area contributed by atoms with Gasteiger partial charge in [0.15, 0.2) is 0 Å². The van der Waals surface area contributed by atoms with Crippen LogP contribution in [-0.2, 0) is 23.1 Å². The maximum Gasteiger partial charge on any atom is 0.251 e. The van der Waals surface area contributed by atoms with Crippen molar-refractivity contribution in [2.24, 2.45) is 0 Å². The van der Waals surface area contributed by atoms with Crippen LogP contribution >= 0.6 is 0 Å². The van der Waals surface area contributed by atoms with Crippen molar-refractivity contribution < 1.29 is 17.6 Å². The summed E-state index contributed by atoms with van der Waals surface area (Å²) in [7, 11) is -2.15. The van der Waals surface area contributed by atoms with Crippen LogP contribution in [0.2, 0.25) is 0 Å². The zero-order chi connectivity index (χ0) is 19.3. The predicted molar refractivity (Wildman–Crippen MR) is 101 cm³/mol. The van der Waals surface area contributed by atoms with Gasteiger partial charge in [0.2, 0.25) is 10.0 Å². The molecule has 27 heavy (non-hydrogen) atoms. The summed E-state index contributed by atoms with van der Waals surface area (Å²) in [5, 5.41) is 2.56. The van der Waals surface area contributed by atoms with Gasteiger partial charge in [0.05, 0.1) is 17.7 Å². The summed E-state index contributed by atoms with van der Waals surface area (Å²) in [4.78, 5) is 11.9. The molecule has 0 unspecified atom stereocenters. The third-order valence-electron chi connectivity index (χ3n) is 4.10. The van der Waals surface area contributed by atoms with E-state index in [9.17, 15) is 13.2 Å². The van der Waals surface area contributed by atoms with E-state index in [-0.39, 0.29) is 23.9 Å². The quantitative estimate of drug-likeness (QED) is 0.679. The first-order valence-corrected chi connectivity index (χ1v) is 9.83. The lowest BCUT2D eigenvalue weighted by atomic mass is 10.1. The van der Waals surface area contributed by atoms with Gasteiger partial charge in [-0.1, -0.05) is 30.3 Å². The number of amides is 1. The number of rotatable bonds is 7. The second kappa shape index (κ2) is 8.20. The maximum absolute atomic E-state index is 13.1. The fourth-order valence-corrected chi connectivity index (χ4v) is 4.07. The topological polar surface area (TPSA) is 79.6 Å². The second-order valence-electron chi connectivity index (χ2n) is 5.94. The Bertz CT molecular complexity index is 982. The van der Waals surface area contributed by atoms with Crippen molar-refractivity contribution >= 4 is 15.9 Å². The summed E-state index contributed by atoms with van der Waals surface area (Å²) in [6.45, 7) is 0.271. The Balaban J connectivity index is 1.89. The molecule has 2 aromatic carbocycles. The Morgan fingerprint density at radius 1 is 0.963 bits per heavy atom. The molecule has 140 valence electrons. The largest absolute Gasteiger partial charge is 0.468 e. The standard InChI is InChI=1S/C20H20N2O4S/c1-21-20(23)17-11-9-16(10-12-17)14-22(15-18-6-5-13-26-18)27(24,25)19-7-3-2-4-8-19/h2-13H,14-15H2,1H3,(H,21,23). The highest BCUT2D eigenvalue weighted by molar-refractivity contribution is 7.89. The molecule has 0 bridgehead atoms. The lowest BCUT2D eigenvalue weighted by Gasteiger charge is -2.21. The zero-order valence-electron chi connectivity index (χ0n) is 14.8. The summed E-state index contributed by atoms with van der Waals surface area (Å²) in [5.41, 5.74) is 1.29. The molecular weight excluding hydrogens is 364 g/mol. The summed E-state index contributed by atoms with van der Waals surface area (Å²) in [6.07, 6.45) is 1.51. The smallest absolute Gasteiger partial charge is 0.251 e. The van der Waals surface area contributed by atoms with Crippen LogP contribution < -0.4 is 5.32 Å². The molecule has 0 fully saturated rings. The Morgan fingerprint density at radius 2 is 1.67 bits per heavy atom. The number of nitrogens with one attached hydrogen (secondary N) is 1. The predicted octanol–water partition coefficient (Wildman–Crippen LogP) is 3.03. The molecule has 1 amide bonds. The second-order valence-corrected chi connectivity index (χ2v) is 7.88. The van der Waals surface area contributed by atoms with Crippen LogP contribution in [0.1, 0.15) is 21.7 Å². The Morgan fingerprint density at radius 3 is 2.26 bits per heavy atom. The molecule has 0 spiro atoms. The van der Waals surface area contributed by atoms with Gasteiger partial charge in [0, 0.05) is 19.2 Å². The van der Waals surface area contributed by atoms with E-state index in [1.807, 2.05) is 0 Å². The molecule has 1 N–H and O–H groups in total. The third kappa shape index (κ3) is 4.45. The Kier molecular flexibility index (Phi) is 5.73. The first-order chi connectivity index (χ1) is 13.0. The Hall–Kier alpha value is -2.90. The van der Waals surface area contributed by atoms with Crippen LogP contribution in [0.15, 0.2) is 82.3 Å². The van der Waals surface area contributed by atoms with E-state index in [4.69, 9.17) is 4.42 Å². The van der Waals surface area contributed by atoms with Crippen LogP contribution in [0.5, 0.6) is 0 Å². The minimum absolute atomic E-state index is 0.113. The molecule has 0 aliphatic rings. The van der Waals surface area contributed by atoms with Gasteiger partial charge in [-0.15, -0.1) is 0 Å². The first-order valence-electron chi connectivity index (χ1n) is 8.39. The van der Waals surface area contributed by atoms with Crippen molar-refractivity contribution in [1.82, 2.24) is 9.62 Å². The van der Waals surface area contributed by atoms with Crippen molar-refractivity contribution in [3.05, 3.63) is 89.9 Å². The molecule has 7 heteroatoms. The van der Waals surface area contributed by atoms with E-state index in [2.05, 4.69) is 5.32 Å². The van der Waals surface area contributed by atoms with Crippen LogP contribution in [0.3, 0.4) is 0 Å². The maximum atomic E-state index is 13.1. The number of hydrogen-bond acceptors (Lipinski definition) is 4. The molecule has 0 saturated carbocycles. The average molecular weight is 384 g/mol. The summed E-state index contributed by atoms with van der Waals surface area (Å²) in [5.74, 6) is 0.363. The van der Waals surface area contributed by atoms with Gasteiger partial charge >= 0.3 is 0 Å². The molecule has 0 atom stereocenters. The number of nitrogens with zero attached hydrogens (tertiary/aromatic N) is 1. The van der Waals surface area contributed by atoms with Gasteiger partial charge in [-0.25, -0.2) is 8.42 Å². The molecule has 0 radical (unpaired) electrons. The van der Waals surface area contributed by atoms with Gasteiger partial charge in [-0.05, 0) is 42.0 Å². The van der Waals surface area contributed by atoms with Crippen molar-refractivity contribution in [2.75, 3.05) is 7.05 Å². The van der Waals surface area contributed by atoms with Crippen molar-refractivity contribution in [2.45, 2.75) is 18.0 Å². The number of furan rings is 1. The third-order valence-corrected chi connectivity index (χ3v) is 5.90. The number of carbonyl (C=O) groups is 1. The van der Waals surface area contributed by atoms with E-state index >= 15 is 0 Å². The lowest BCUT2D eigenvalue weighted by molar-refractivity contribution is 0.0963. The number of carbonyl (C=O) groups excluding carboxylic acids is 1. The van der Waals surface area contributed by atoms with Crippen molar-refractivity contribution in [3.8, 4) is 0 Å². The van der Waals surface area contributed by atoms with Gasteiger partial charge < -0.3 is 9.73 Å². The minimum atomic E-state index is -3.71. The summed E-state index contributed by atoms with van der Waals surface area (Å²) < 4.78 is 32.9. The number of sulfonamides is 1. The number of hydrogen-bond donors (Lipinski definition) is 1. The molecule has 0 saturated heterocycles. The Labute approximate surface area is 158 Å². The first kappa shape index (κ1) is 18.9. The fourth-order valence-electron chi connectivity index (χ4n) is 2.65. The van der Waals surface area contributed by atoms with Crippen LogP contribution in [-0.4, -0.2) is 25.7 Å². The molecule has 0 aliphatic heterocycles. The van der Waals surface area contributed by atoms with E-state index in [1.54, 1.807) is 73.8 Å². The lowest BCUT2D eigenvalue weighted by Crippen LogP contribution is -2.30. The zero-order valence-corrected chi connectivity index (χ0v) is 15.6. The van der Waals surface area contributed by atoms with Gasteiger partial charge in [0.25, 0.3) is 5.91 Å². The molecule has 0 aliphatic carbocycles. The summed E-state index contributed by atoms with van der Waals surface area (Å²) in [6, 6.07) is 18.6. The SMILES string of the molecule is CNC(=O)c1ccc(CN(Cc2ccco2)S(=O)(=O)c2ccccc2)cc1. The fraction of sp³-hybridized carbons (Fsp3) is 0.150. The average Bonchev–Trinajstić information content (AvgIpc) is 3.21.